The summed E-state index contributed by atoms with van der Waals surface area (Å²) in [4.78, 5) is 22.7. The van der Waals surface area contributed by atoms with Gasteiger partial charge in [0.05, 0.1) is 7.11 Å². The number of amides is 1. The molecule has 1 rings (SSSR count). The lowest BCUT2D eigenvalue weighted by Gasteiger charge is -2.23. The summed E-state index contributed by atoms with van der Waals surface area (Å²) in [7, 11) is 1.23. The van der Waals surface area contributed by atoms with E-state index in [0.29, 0.717) is 12.8 Å². The summed E-state index contributed by atoms with van der Waals surface area (Å²) in [5, 5.41) is 12.4. The van der Waals surface area contributed by atoms with Gasteiger partial charge >= 0.3 is 12.1 Å². The minimum Gasteiger partial charge on any atom is -0.467 e. The molecule has 6 heteroatoms. The Morgan fingerprint density at radius 1 is 1.39 bits per heavy atom. The van der Waals surface area contributed by atoms with Crippen molar-refractivity contribution in [3.63, 3.8) is 0 Å². The van der Waals surface area contributed by atoms with Crippen LogP contribution >= 0.6 is 0 Å². The second-order valence-corrected chi connectivity index (χ2v) is 5.64. The Morgan fingerprint density at radius 3 is 2.33 bits per heavy atom. The van der Waals surface area contributed by atoms with Gasteiger partial charge in [0, 0.05) is 12.0 Å². The van der Waals surface area contributed by atoms with Crippen LogP contribution in [-0.2, 0) is 14.3 Å². The van der Waals surface area contributed by atoms with E-state index in [2.05, 4.69) is 10.1 Å². The van der Waals surface area contributed by atoms with Crippen LogP contribution in [0.1, 0.15) is 33.6 Å². The Morgan fingerprint density at radius 2 is 1.94 bits per heavy atom. The van der Waals surface area contributed by atoms with Crippen LogP contribution in [0.5, 0.6) is 0 Å². The van der Waals surface area contributed by atoms with Gasteiger partial charge in [0.15, 0.2) is 6.10 Å². The summed E-state index contributed by atoms with van der Waals surface area (Å²) in [6.45, 7) is 5.51. The number of aliphatic hydroxyl groups excluding tert-OH is 1. The molecular formula is C12H21NO5. The second-order valence-electron chi connectivity index (χ2n) is 5.64. The highest BCUT2D eigenvalue weighted by atomic mass is 16.6. The Labute approximate surface area is 107 Å². The van der Waals surface area contributed by atoms with E-state index in [1.54, 1.807) is 20.8 Å². The number of esters is 1. The lowest BCUT2D eigenvalue weighted by Crippen LogP contribution is -2.42. The highest BCUT2D eigenvalue weighted by Gasteiger charge is 2.52. The molecule has 2 N–H and O–H groups in total. The minimum atomic E-state index is -1.20. The van der Waals surface area contributed by atoms with Crippen molar-refractivity contribution in [2.45, 2.75) is 45.3 Å². The molecule has 1 fully saturated rings. The van der Waals surface area contributed by atoms with Crippen molar-refractivity contribution in [2.24, 2.45) is 5.41 Å². The standard InChI is InChI=1S/C12H21NO5/c1-11(2,3)18-10(16)13-7-12(5-6-12)8(14)9(15)17-4/h8,14H,5-7H2,1-4H3,(H,13,16). The van der Waals surface area contributed by atoms with Gasteiger partial charge in [-0.3, -0.25) is 0 Å². The molecule has 104 valence electrons. The zero-order valence-corrected chi connectivity index (χ0v) is 11.3. The van der Waals surface area contributed by atoms with E-state index in [4.69, 9.17) is 4.74 Å². The summed E-state index contributed by atoms with van der Waals surface area (Å²) >= 11 is 0. The molecule has 1 amide bonds. The molecule has 0 aromatic heterocycles. The zero-order chi connectivity index (χ0) is 14.0. The van der Waals surface area contributed by atoms with Gasteiger partial charge in [-0.1, -0.05) is 0 Å². The smallest absolute Gasteiger partial charge is 0.407 e. The van der Waals surface area contributed by atoms with E-state index in [9.17, 15) is 14.7 Å². The monoisotopic (exact) mass is 259 g/mol. The molecule has 0 aliphatic heterocycles. The maximum absolute atomic E-state index is 11.5. The molecule has 0 bridgehead atoms. The van der Waals surface area contributed by atoms with Crippen LogP contribution in [0.15, 0.2) is 0 Å². The van der Waals surface area contributed by atoms with Crippen molar-refractivity contribution < 1.29 is 24.2 Å². The van der Waals surface area contributed by atoms with E-state index >= 15 is 0 Å². The predicted molar refractivity (Wildman–Crippen MR) is 63.9 cm³/mol. The van der Waals surface area contributed by atoms with E-state index < -0.39 is 29.2 Å². The third kappa shape index (κ3) is 3.87. The average molecular weight is 259 g/mol. The highest BCUT2D eigenvalue weighted by molar-refractivity contribution is 5.76. The maximum Gasteiger partial charge on any atom is 0.407 e. The van der Waals surface area contributed by atoms with Gasteiger partial charge < -0.3 is 19.9 Å². The largest absolute Gasteiger partial charge is 0.467 e. The lowest BCUT2D eigenvalue weighted by atomic mass is 9.99. The Balaban J connectivity index is 2.44. The van der Waals surface area contributed by atoms with E-state index in [1.807, 2.05) is 0 Å². The van der Waals surface area contributed by atoms with E-state index in [0.717, 1.165) is 0 Å². The molecule has 1 unspecified atom stereocenters. The fraction of sp³-hybridized carbons (Fsp3) is 0.833. The molecule has 6 nitrogen and oxygen atoms in total. The number of nitrogens with one attached hydrogen (secondary N) is 1. The molecule has 0 saturated heterocycles. The number of carbonyl (C=O) groups is 2. The molecule has 1 aliphatic carbocycles. The van der Waals surface area contributed by atoms with Gasteiger partial charge in [-0.2, -0.15) is 0 Å². The summed E-state index contributed by atoms with van der Waals surface area (Å²) in [6.07, 6.45) is -0.388. The van der Waals surface area contributed by atoms with Crippen molar-refractivity contribution in [3.05, 3.63) is 0 Å². The first kappa shape index (κ1) is 14.8. The molecule has 0 aromatic carbocycles. The first-order valence-corrected chi connectivity index (χ1v) is 5.93. The van der Waals surface area contributed by atoms with Crippen LogP contribution in [-0.4, -0.2) is 42.5 Å². The fourth-order valence-electron chi connectivity index (χ4n) is 1.63. The van der Waals surface area contributed by atoms with Crippen molar-refractivity contribution >= 4 is 12.1 Å². The van der Waals surface area contributed by atoms with E-state index in [1.165, 1.54) is 7.11 Å². The molecule has 18 heavy (non-hydrogen) atoms. The SMILES string of the molecule is COC(=O)C(O)C1(CNC(=O)OC(C)(C)C)CC1. The number of alkyl carbamates (subject to hydrolysis) is 1. The molecule has 1 atom stereocenters. The van der Waals surface area contributed by atoms with Crippen molar-refractivity contribution in [1.29, 1.82) is 0 Å². The van der Waals surface area contributed by atoms with Crippen molar-refractivity contribution in [2.75, 3.05) is 13.7 Å². The minimum absolute atomic E-state index is 0.207. The van der Waals surface area contributed by atoms with E-state index in [-0.39, 0.29) is 6.54 Å². The van der Waals surface area contributed by atoms with Crippen LogP contribution in [0, 0.1) is 5.41 Å². The van der Waals surface area contributed by atoms with Crippen LogP contribution < -0.4 is 5.32 Å². The highest BCUT2D eigenvalue weighted by Crippen LogP contribution is 2.48. The summed E-state index contributed by atoms with van der Waals surface area (Å²) in [5.74, 6) is -0.668. The average Bonchev–Trinajstić information content (AvgIpc) is 3.03. The van der Waals surface area contributed by atoms with Crippen molar-refractivity contribution in [1.82, 2.24) is 5.32 Å². The number of carbonyl (C=O) groups excluding carboxylic acids is 2. The molecular weight excluding hydrogens is 238 g/mol. The molecule has 1 saturated carbocycles. The van der Waals surface area contributed by atoms with Gasteiger partial charge in [0.25, 0.3) is 0 Å². The van der Waals surface area contributed by atoms with Crippen molar-refractivity contribution in [3.8, 4) is 0 Å². The number of hydrogen-bond donors (Lipinski definition) is 2. The maximum atomic E-state index is 11.5. The van der Waals surface area contributed by atoms with Gasteiger partial charge in [-0.25, -0.2) is 9.59 Å². The summed E-state index contributed by atoms with van der Waals surface area (Å²) < 4.78 is 9.57. The number of ether oxygens (including phenoxy) is 2. The number of rotatable bonds is 4. The number of hydrogen-bond acceptors (Lipinski definition) is 5. The topological polar surface area (TPSA) is 84.9 Å². The van der Waals surface area contributed by atoms with Gasteiger partial charge in [-0.15, -0.1) is 0 Å². The Bertz CT molecular complexity index is 330. The second kappa shape index (κ2) is 5.14. The molecule has 0 heterocycles. The van der Waals surface area contributed by atoms with Crippen LogP contribution in [0.3, 0.4) is 0 Å². The van der Waals surface area contributed by atoms with Crippen LogP contribution in [0.25, 0.3) is 0 Å². The van der Waals surface area contributed by atoms with Crippen LogP contribution in [0.4, 0.5) is 4.79 Å². The molecule has 0 spiro atoms. The molecule has 0 aromatic rings. The third-order valence-corrected chi connectivity index (χ3v) is 2.88. The third-order valence-electron chi connectivity index (χ3n) is 2.88. The normalized spacial score (nSPS) is 18.7. The zero-order valence-electron chi connectivity index (χ0n) is 11.3. The van der Waals surface area contributed by atoms with Crippen LogP contribution in [0.2, 0.25) is 0 Å². The Hall–Kier alpha value is -1.30. The number of methoxy groups -OCH3 is 1. The molecule has 1 aliphatic rings. The molecule has 0 radical (unpaired) electrons. The number of aliphatic hydroxyl groups is 1. The van der Waals surface area contributed by atoms with Gasteiger partial charge in [0.2, 0.25) is 0 Å². The summed E-state index contributed by atoms with van der Waals surface area (Å²) in [5.41, 5.74) is -1.16. The first-order chi connectivity index (χ1) is 8.20. The predicted octanol–water partition coefficient (Wildman–Crippen LogP) is 0.825. The fourth-order valence-corrected chi connectivity index (χ4v) is 1.63. The van der Waals surface area contributed by atoms with Gasteiger partial charge in [0.1, 0.15) is 5.60 Å². The summed E-state index contributed by atoms with van der Waals surface area (Å²) in [6, 6.07) is 0. The lowest BCUT2D eigenvalue weighted by molar-refractivity contribution is -0.154. The first-order valence-electron chi connectivity index (χ1n) is 5.93. The van der Waals surface area contributed by atoms with Gasteiger partial charge in [-0.05, 0) is 33.6 Å². The quantitative estimate of drug-likeness (QED) is 0.730. The Kier molecular flexibility index (Phi) is 4.21.